The van der Waals surface area contributed by atoms with E-state index in [0.29, 0.717) is 12.8 Å². The number of hydrogen-bond donors (Lipinski definition) is 3. The number of unbranched alkanes of at least 4 members (excludes halogenated alkanes) is 25. The summed E-state index contributed by atoms with van der Waals surface area (Å²) in [6.45, 7) is 6.47. The van der Waals surface area contributed by atoms with Crippen molar-refractivity contribution in [2.45, 2.75) is 219 Å². The average Bonchev–Trinajstić information content (AvgIpc) is 2.95. The molecule has 0 saturated carbocycles. The van der Waals surface area contributed by atoms with E-state index in [0.717, 1.165) is 25.7 Å². The molecule has 41 heavy (non-hydrogen) atoms. The molecule has 0 aromatic carbocycles. The molecule has 0 aliphatic heterocycles. The van der Waals surface area contributed by atoms with Crippen LogP contribution in [0.1, 0.15) is 213 Å². The fourth-order valence-electron chi connectivity index (χ4n) is 5.40. The Morgan fingerprint density at radius 3 is 1.00 bits per heavy atom. The van der Waals surface area contributed by atoms with Gasteiger partial charge in [-0.1, -0.05) is 188 Å². The number of carbonyl (C=O) groups excluding carboxylic acids is 1. The lowest BCUT2D eigenvalue weighted by Crippen LogP contribution is -2.51. The van der Waals surface area contributed by atoms with E-state index in [2.05, 4.69) is 13.8 Å². The fraction of sp³-hybridized carbons (Fsp3) is 0.944. The highest BCUT2D eigenvalue weighted by atomic mass is 16.4. The highest BCUT2D eigenvalue weighted by molar-refractivity contribution is 5.84. The molecule has 0 aromatic heterocycles. The van der Waals surface area contributed by atoms with Crippen molar-refractivity contribution in [3.63, 3.8) is 0 Å². The lowest BCUT2D eigenvalue weighted by molar-refractivity contribution is -0.137. The minimum Gasteiger partial charge on any atom is -0.481 e. The highest BCUT2D eigenvalue weighted by Crippen LogP contribution is 2.18. The van der Waals surface area contributed by atoms with Gasteiger partial charge in [0, 0.05) is 6.42 Å². The van der Waals surface area contributed by atoms with Crippen LogP contribution in [-0.2, 0) is 9.59 Å². The number of amides is 1. The van der Waals surface area contributed by atoms with Crippen LogP contribution in [0.25, 0.3) is 0 Å². The summed E-state index contributed by atoms with van der Waals surface area (Å²) in [5, 5.41) is 8.52. The molecular weight excluding hydrogens is 508 g/mol. The summed E-state index contributed by atoms with van der Waals surface area (Å²) in [7, 11) is 0. The van der Waals surface area contributed by atoms with E-state index in [-0.39, 0.29) is 5.91 Å². The van der Waals surface area contributed by atoms with Gasteiger partial charge >= 0.3 is 5.97 Å². The van der Waals surface area contributed by atoms with Crippen molar-refractivity contribution in [1.29, 1.82) is 0 Å². The summed E-state index contributed by atoms with van der Waals surface area (Å²) in [5.41, 5.74) is 10.6. The molecule has 5 N–H and O–H groups in total. The molecule has 0 aliphatic rings. The van der Waals surface area contributed by atoms with Gasteiger partial charge in [0.25, 0.3) is 0 Å². The van der Waals surface area contributed by atoms with Crippen LogP contribution in [0.2, 0.25) is 0 Å². The van der Waals surface area contributed by atoms with E-state index in [1.165, 1.54) is 154 Å². The number of carboxylic acid groups (broad SMARTS) is 1. The fourth-order valence-corrected chi connectivity index (χ4v) is 5.40. The molecule has 0 fully saturated rings. The van der Waals surface area contributed by atoms with Crippen LogP contribution in [0, 0.1) is 0 Å². The van der Waals surface area contributed by atoms with Crippen molar-refractivity contribution in [2.75, 3.05) is 0 Å². The Kier molecular flexibility index (Phi) is 34.2. The summed E-state index contributed by atoms with van der Waals surface area (Å²) >= 11 is 0. The maximum absolute atomic E-state index is 11.3. The maximum atomic E-state index is 11.3. The summed E-state index contributed by atoms with van der Waals surface area (Å²) in [6, 6.07) is 0. The molecule has 0 saturated heterocycles. The summed E-state index contributed by atoms with van der Waals surface area (Å²) in [4.78, 5) is 21.6. The number of nitrogens with two attached hydrogens (primary N) is 2. The van der Waals surface area contributed by atoms with Gasteiger partial charge in [-0.25, -0.2) is 0 Å². The zero-order valence-corrected chi connectivity index (χ0v) is 28.1. The topological polar surface area (TPSA) is 106 Å². The number of carboxylic acids is 1. The van der Waals surface area contributed by atoms with Gasteiger partial charge in [-0.15, -0.1) is 0 Å². The van der Waals surface area contributed by atoms with E-state index in [9.17, 15) is 9.59 Å². The zero-order chi connectivity index (χ0) is 30.9. The van der Waals surface area contributed by atoms with E-state index in [1.807, 2.05) is 6.92 Å². The van der Waals surface area contributed by atoms with Gasteiger partial charge in [0.1, 0.15) is 0 Å². The molecule has 0 radical (unpaired) electrons. The number of primary amides is 1. The van der Waals surface area contributed by atoms with Gasteiger partial charge in [0.05, 0.1) is 5.54 Å². The van der Waals surface area contributed by atoms with Gasteiger partial charge < -0.3 is 16.6 Å². The van der Waals surface area contributed by atoms with Gasteiger partial charge in [0.15, 0.2) is 0 Å². The molecule has 0 rings (SSSR count). The summed E-state index contributed by atoms with van der Waals surface area (Å²) in [6.07, 6.45) is 37.4. The van der Waals surface area contributed by atoms with Crippen molar-refractivity contribution < 1.29 is 14.7 Å². The predicted molar refractivity (Wildman–Crippen MR) is 179 cm³/mol. The standard InChI is InChI=1S/C18H38N2O.C18H36O2/c1-3-5-6-7-8-9-10-11-12-13-14-15-16-18(20,4-2)17(19)21;1-2-3-4-5-6-7-8-9-10-11-12-13-14-15-16-17-18(19)20/h3-16,20H2,1-2H3,(H2,19,21);2-17H2,1H3,(H,19,20). The molecule has 0 bridgehead atoms. The highest BCUT2D eigenvalue weighted by Gasteiger charge is 2.28. The first kappa shape index (κ1) is 42.0. The van der Waals surface area contributed by atoms with E-state index in [4.69, 9.17) is 16.6 Å². The third kappa shape index (κ3) is 33.3. The molecular formula is C36H74N2O3. The second kappa shape index (κ2) is 33.4. The van der Waals surface area contributed by atoms with Gasteiger partial charge in [0.2, 0.25) is 5.91 Å². The molecule has 1 unspecified atom stereocenters. The second-order valence-electron chi connectivity index (χ2n) is 12.6. The number of hydrogen-bond acceptors (Lipinski definition) is 3. The van der Waals surface area contributed by atoms with Crippen molar-refractivity contribution in [2.24, 2.45) is 11.5 Å². The van der Waals surface area contributed by atoms with Crippen molar-refractivity contribution >= 4 is 11.9 Å². The third-order valence-electron chi connectivity index (χ3n) is 8.59. The number of carbonyl (C=O) groups is 2. The average molecular weight is 583 g/mol. The van der Waals surface area contributed by atoms with Crippen LogP contribution in [0.5, 0.6) is 0 Å². The Bertz CT molecular complexity index is 555. The molecule has 0 aliphatic carbocycles. The van der Waals surface area contributed by atoms with Crippen LogP contribution in [0.3, 0.4) is 0 Å². The van der Waals surface area contributed by atoms with Crippen LogP contribution in [-0.4, -0.2) is 22.5 Å². The van der Waals surface area contributed by atoms with E-state index < -0.39 is 11.5 Å². The molecule has 1 atom stereocenters. The van der Waals surface area contributed by atoms with Gasteiger partial charge in [-0.2, -0.15) is 0 Å². The van der Waals surface area contributed by atoms with E-state index in [1.54, 1.807) is 0 Å². The second-order valence-corrected chi connectivity index (χ2v) is 12.6. The van der Waals surface area contributed by atoms with Crippen LogP contribution >= 0.6 is 0 Å². The Morgan fingerprint density at radius 1 is 0.488 bits per heavy atom. The van der Waals surface area contributed by atoms with Crippen LogP contribution in [0.4, 0.5) is 0 Å². The largest absolute Gasteiger partial charge is 0.481 e. The first-order valence-corrected chi connectivity index (χ1v) is 18.1. The lowest BCUT2D eigenvalue weighted by Gasteiger charge is -2.23. The monoisotopic (exact) mass is 583 g/mol. The molecule has 5 nitrogen and oxygen atoms in total. The summed E-state index contributed by atoms with van der Waals surface area (Å²) < 4.78 is 0. The Balaban J connectivity index is 0. The zero-order valence-electron chi connectivity index (χ0n) is 28.1. The van der Waals surface area contributed by atoms with Crippen LogP contribution in [0.15, 0.2) is 0 Å². The Hall–Kier alpha value is -1.10. The Morgan fingerprint density at radius 2 is 0.756 bits per heavy atom. The Labute approximate surface area is 256 Å². The maximum Gasteiger partial charge on any atom is 0.303 e. The lowest BCUT2D eigenvalue weighted by atomic mass is 9.89. The molecule has 0 aromatic rings. The quantitative estimate of drug-likeness (QED) is 0.0706. The normalized spacial score (nSPS) is 12.5. The number of rotatable bonds is 31. The smallest absolute Gasteiger partial charge is 0.303 e. The van der Waals surface area contributed by atoms with Gasteiger partial charge in [-0.3, -0.25) is 9.59 Å². The molecule has 246 valence electrons. The molecule has 5 heteroatoms. The first-order valence-electron chi connectivity index (χ1n) is 18.1. The minimum absolute atomic E-state index is 0.345. The summed E-state index contributed by atoms with van der Waals surface area (Å²) in [5.74, 6) is -1.01. The first-order chi connectivity index (χ1) is 19.8. The minimum atomic E-state index is -0.779. The SMILES string of the molecule is CCCCCCCCCCCCCCC(N)(CC)C(N)=O.CCCCCCCCCCCCCCCCCC(=O)O. The van der Waals surface area contributed by atoms with Crippen molar-refractivity contribution in [3.05, 3.63) is 0 Å². The molecule has 0 heterocycles. The molecule has 0 spiro atoms. The third-order valence-corrected chi connectivity index (χ3v) is 8.59. The van der Waals surface area contributed by atoms with Crippen molar-refractivity contribution in [1.82, 2.24) is 0 Å². The van der Waals surface area contributed by atoms with Crippen LogP contribution < -0.4 is 11.5 Å². The molecule has 1 amide bonds. The van der Waals surface area contributed by atoms with Gasteiger partial charge in [-0.05, 0) is 19.3 Å². The predicted octanol–water partition coefficient (Wildman–Crippen LogP) is 11.0. The number of aliphatic carboxylic acids is 1. The van der Waals surface area contributed by atoms with E-state index >= 15 is 0 Å². The van der Waals surface area contributed by atoms with Crippen molar-refractivity contribution in [3.8, 4) is 0 Å².